The Morgan fingerprint density at radius 3 is 3.00 bits per heavy atom. The Bertz CT molecular complexity index is 468. The van der Waals surface area contributed by atoms with Gasteiger partial charge in [0.2, 0.25) is 5.89 Å². The summed E-state index contributed by atoms with van der Waals surface area (Å²) >= 11 is 1.65. The van der Waals surface area contributed by atoms with E-state index in [4.69, 9.17) is 4.42 Å². The van der Waals surface area contributed by atoms with Crippen molar-refractivity contribution >= 4 is 17.4 Å². The number of hydrogen-bond donors (Lipinski definition) is 2. The fourth-order valence-electron chi connectivity index (χ4n) is 1.52. The first-order valence-electron chi connectivity index (χ1n) is 6.39. The summed E-state index contributed by atoms with van der Waals surface area (Å²) in [7, 11) is 0. The molecule has 0 aliphatic carbocycles. The highest BCUT2D eigenvalue weighted by Gasteiger charge is 2.05. The van der Waals surface area contributed by atoms with E-state index in [9.17, 15) is 0 Å². The van der Waals surface area contributed by atoms with Gasteiger partial charge in [-0.05, 0) is 12.5 Å². The van der Waals surface area contributed by atoms with Crippen LogP contribution in [-0.4, -0.2) is 28.3 Å². The van der Waals surface area contributed by atoms with Crippen molar-refractivity contribution in [3.8, 4) is 0 Å². The van der Waals surface area contributed by atoms with Crippen LogP contribution in [0.25, 0.3) is 0 Å². The number of nitrogens with one attached hydrogen (secondary N) is 2. The van der Waals surface area contributed by atoms with Crippen molar-refractivity contribution in [2.45, 2.75) is 26.8 Å². The van der Waals surface area contributed by atoms with Gasteiger partial charge in [0, 0.05) is 24.5 Å². The van der Waals surface area contributed by atoms with E-state index < -0.39 is 0 Å². The topological polar surface area (TPSA) is 75.9 Å². The lowest BCUT2D eigenvalue weighted by atomic mass is 10.2. The second-order valence-electron chi connectivity index (χ2n) is 4.63. The van der Waals surface area contributed by atoms with Gasteiger partial charge < -0.3 is 15.1 Å². The normalized spacial score (nSPS) is 11.1. The average molecular weight is 281 g/mol. The zero-order valence-corrected chi connectivity index (χ0v) is 12.0. The van der Waals surface area contributed by atoms with Crippen LogP contribution < -0.4 is 10.6 Å². The lowest BCUT2D eigenvalue weighted by molar-refractivity contribution is 0.458. The quantitative estimate of drug-likeness (QED) is 0.770. The second kappa shape index (κ2) is 7.20. The van der Waals surface area contributed by atoms with E-state index in [0.717, 1.165) is 24.5 Å². The Hall–Kier alpha value is -1.47. The molecule has 0 aliphatic heterocycles. The molecular formula is C12H19N5OS. The van der Waals surface area contributed by atoms with Gasteiger partial charge in [0.05, 0.1) is 11.6 Å². The van der Waals surface area contributed by atoms with E-state index in [1.807, 2.05) is 11.6 Å². The first-order valence-corrected chi connectivity index (χ1v) is 7.27. The third kappa shape index (κ3) is 4.96. The van der Waals surface area contributed by atoms with Gasteiger partial charge >= 0.3 is 6.01 Å². The van der Waals surface area contributed by atoms with E-state index in [2.05, 4.69) is 39.7 Å². The van der Waals surface area contributed by atoms with Crippen molar-refractivity contribution in [2.75, 3.05) is 18.4 Å². The molecule has 0 aromatic carbocycles. The summed E-state index contributed by atoms with van der Waals surface area (Å²) in [5, 5.41) is 17.4. The summed E-state index contributed by atoms with van der Waals surface area (Å²) in [4.78, 5) is 4.21. The Labute approximate surface area is 116 Å². The zero-order valence-electron chi connectivity index (χ0n) is 11.2. The Balaban J connectivity index is 1.68. The molecule has 104 valence electrons. The van der Waals surface area contributed by atoms with Crippen molar-refractivity contribution in [3.63, 3.8) is 0 Å². The molecule has 0 saturated carbocycles. The SMILES string of the molecule is CC(C)CNCc1nnc(NCCc2nccs2)o1. The highest BCUT2D eigenvalue weighted by Crippen LogP contribution is 2.07. The minimum absolute atomic E-state index is 0.470. The third-order valence-electron chi connectivity index (χ3n) is 2.39. The maximum atomic E-state index is 5.47. The van der Waals surface area contributed by atoms with Crippen molar-refractivity contribution in [2.24, 2.45) is 5.92 Å². The van der Waals surface area contributed by atoms with Crippen molar-refractivity contribution in [1.82, 2.24) is 20.5 Å². The highest BCUT2D eigenvalue weighted by atomic mass is 32.1. The van der Waals surface area contributed by atoms with Crippen LogP contribution in [0.1, 0.15) is 24.7 Å². The van der Waals surface area contributed by atoms with Crippen molar-refractivity contribution in [3.05, 3.63) is 22.5 Å². The van der Waals surface area contributed by atoms with Gasteiger partial charge in [-0.25, -0.2) is 4.98 Å². The number of aromatic nitrogens is 3. The van der Waals surface area contributed by atoms with Gasteiger partial charge in [0.1, 0.15) is 0 Å². The summed E-state index contributed by atoms with van der Waals surface area (Å²) in [6, 6.07) is 0.470. The molecule has 2 aromatic rings. The van der Waals surface area contributed by atoms with Gasteiger partial charge in [-0.1, -0.05) is 18.9 Å². The molecule has 2 N–H and O–H groups in total. The lowest BCUT2D eigenvalue weighted by Crippen LogP contribution is -2.19. The zero-order chi connectivity index (χ0) is 13.5. The van der Waals surface area contributed by atoms with Gasteiger partial charge in [-0.2, -0.15) is 0 Å². The molecule has 0 saturated heterocycles. The van der Waals surface area contributed by atoms with Crippen LogP contribution in [0, 0.1) is 5.92 Å². The second-order valence-corrected chi connectivity index (χ2v) is 5.61. The van der Waals surface area contributed by atoms with Gasteiger partial charge in [-0.3, -0.25) is 0 Å². The molecule has 2 aromatic heterocycles. The van der Waals surface area contributed by atoms with Crippen LogP contribution >= 0.6 is 11.3 Å². The molecule has 0 amide bonds. The number of nitrogens with zero attached hydrogens (tertiary/aromatic N) is 3. The number of rotatable bonds is 8. The number of thiazole rings is 1. The Morgan fingerprint density at radius 1 is 1.37 bits per heavy atom. The van der Waals surface area contributed by atoms with Crippen molar-refractivity contribution < 1.29 is 4.42 Å². The van der Waals surface area contributed by atoms with E-state index in [1.165, 1.54) is 0 Å². The van der Waals surface area contributed by atoms with Crippen LogP contribution in [0.4, 0.5) is 6.01 Å². The molecule has 6 nitrogen and oxygen atoms in total. The van der Waals surface area contributed by atoms with E-state index in [0.29, 0.717) is 24.4 Å². The fraction of sp³-hybridized carbons (Fsp3) is 0.583. The molecular weight excluding hydrogens is 262 g/mol. The molecule has 0 bridgehead atoms. The monoisotopic (exact) mass is 281 g/mol. The first-order chi connectivity index (χ1) is 9.24. The van der Waals surface area contributed by atoms with Crippen molar-refractivity contribution in [1.29, 1.82) is 0 Å². The number of hydrogen-bond acceptors (Lipinski definition) is 7. The molecule has 0 fully saturated rings. The maximum Gasteiger partial charge on any atom is 0.315 e. The van der Waals surface area contributed by atoms with Gasteiger partial charge in [-0.15, -0.1) is 16.4 Å². The summed E-state index contributed by atoms with van der Waals surface area (Å²) in [5.74, 6) is 1.22. The molecule has 2 heterocycles. The minimum Gasteiger partial charge on any atom is -0.407 e. The molecule has 2 rings (SSSR count). The predicted molar refractivity (Wildman–Crippen MR) is 75.2 cm³/mol. The average Bonchev–Trinajstić information content (AvgIpc) is 3.00. The van der Waals surface area contributed by atoms with Gasteiger partial charge in [0.15, 0.2) is 0 Å². The molecule has 0 aliphatic rings. The standard InChI is InChI=1S/C12H19N5OS/c1-9(2)7-13-8-10-16-17-12(18-10)15-4-3-11-14-5-6-19-11/h5-6,9,13H,3-4,7-8H2,1-2H3,(H,15,17). The maximum absolute atomic E-state index is 5.47. The lowest BCUT2D eigenvalue weighted by Gasteiger charge is -2.03. The summed E-state index contributed by atoms with van der Waals surface area (Å²) < 4.78 is 5.47. The van der Waals surface area contributed by atoms with Crippen LogP contribution in [0.5, 0.6) is 0 Å². The Kier molecular flexibility index (Phi) is 5.29. The summed E-state index contributed by atoms with van der Waals surface area (Å²) in [5.41, 5.74) is 0. The molecule has 0 spiro atoms. The first kappa shape index (κ1) is 14.0. The largest absolute Gasteiger partial charge is 0.407 e. The minimum atomic E-state index is 0.470. The molecule has 0 radical (unpaired) electrons. The molecule has 0 unspecified atom stereocenters. The van der Waals surface area contributed by atoms with E-state index >= 15 is 0 Å². The fourth-order valence-corrected chi connectivity index (χ4v) is 2.14. The predicted octanol–water partition coefficient (Wildman–Crippen LogP) is 1.93. The smallest absolute Gasteiger partial charge is 0.315 e. The number of anilines is 1. The van der Waals surface area contributed by atoms with E-state index in [-0.39, 0.29) is 0 Å². The van der Waals surface area contributed by atoms with Gasteiger partial charge in [0.25, 0.3) is 0 Å². The van der Waals surface area contributed by atoms with Crippen LogP contribution in [0.3, 0.4) is 0 Å². The Morgan fingerprint density at radius 2 is 2.26 bits per heavy atom. The van der Waals surface area contributed by atoms with E-state index in [1.54, 1.807) is 11.3 Å². The van der Waals surface area contributed by atoms with Crippen LogP contribution in [-0.2, 0) is 13.0 Å². The highest BCUT2D eigenvalue weighted by molar-refractivity contribution is 7.09. The molecule has 19 heavy (non-hydrogen) atoms. The third-order valence-corrected chi connectivity index (χ3v) is 3.23. The molecule has 7 heteroatoms. The molecule has 0 atom stereocenters. The summed E-state index contributed by atoms with van der Waals surface area (Å²) in [6.07, 6.45) is 2.67. The van der Waals surface area contributed by atoms with Crippen LogP contribution in [0.15, 0.2) is 16.0 Å². The van der Waals surface area contributed by atoms with Crippen LogP contribution in [0.2, 0.25) is 0 Å². The summed E-state index contributed by atoms with van der Waals surface area (Å²) in [6.45, 7) is 6.61.